The molecule has 0 aliphatic carbocycles. The number of nitrogens with zero attached hydrogens (tertiary/aromatic N) is 1. The number of amides is 1. The number of carbonyl (C=O) groups excluding carboxylic acids is 2. The van der Waals surface area contributed by atoms with Crippen molar-refractivity contribution >= 4 is 27.4 Å². The van der Waals surface area contributed by atoms with Crippen molar-refractivity contribution in [2.24, 2.45) is 0 Å². The van der Waals surface area contributed by atoms with Gasteiger partial charge in [-0.15, -0.1) is 0 Å². The first kappa shape index (κ1) is 21.6. The topological polar surface area (TPSA) is 80.8 Å². The average molecular weight is 439 g/mol. The van der Waals surface area contributed by atoms with E-state index in [0.717, 1.165) is 28.5 Å². The van der Waals surface area contributed by atoms with Crippen LogP contribution < -0.4 is 4.90 Å². The summed E-state index contributed by atoms with van der Waals surface area (Å²) in [5.41, 5.74) is -1.53. The van der Waals surface area contributed by atoms with E-state index in [-0.39, 0.29) is 5.75 Å². The molecular formula is C20H16F3NO5S. The standard InChI is InChI=1S/C20H16F3NO5S/c21-20(22,23)17-9-5-4-8-16(17)19(26)29-12-18(25)24(14-6-2-1-3-7-14)15-10-11-30(27,28)13-15/h1-11,15H,12-13H2. The zero-order valence-corrected chi connectivity index (χ0v) is 16.2. The second-order valence-electron chi connectivity index (χ2n) is 6.44. The molecule has 1 aliphatic heterocycles. The van der Waals surface area contributed by atoms with Gasteiger partial charge in [-0.1, -0.05) is 30.3 Å². The van der Waals surface area contributed by atoms with Gasteiger partial charge in [0.2, 0.25) is 0 Å². The summed E-state index contributed by atoms with van der Waals surface area (Å²) in [7, 11) is -3.49. The molecule has 1 amide bonds. The Morgan fingerprint density at radius 1 is 1.03 bits per heavy atom. The van der Waals surface area contributed by atoms with Crippen LogP contribution in [-0.2, 0) is 25.5 Å². The highest BCUT2D eigenvalue weighted by Crippen LogP contribution is 2.32. The fourth-order valence-electron chi connectivity index (χ4n) is 3.01. The van der Waals surface area contributed by atoms with E-state index in [1.54, 1.807) is 30.3 Å². The van der Waals surface area contributed by atoms with Crippen molar-refractivity contribution in [1.82, 2.24) is 0 Å². The summed E-state index contributed by atoms with van der Waals surface area (Å²) in [6.07, 6.45) is -3.43. The van der Waals surface area contributed by atoms with Gasteiger partial charge >= 0.3 is 12.1 Å². The highest BCUT2D eigenvalue weighted by Gasteiger charge is 2.36. The maximum Gasteiger partial charge on any atom is 0.417 e. The number of benzene rings is 2. The molecule has 1 aliphatic rings. The molecular weight excluding hydrogens is 423 g/mol. The lowest BCUT2D eigenvalue weighted by atomic mass is 10.1. The number of rotatable bonds is 5. The Kier molecular flexibility index (Phi) is 5.97. The number of ether oxygens (including phenoxy) is 1. The van der Waals surface area contributed by atoms with Crippen LogP contribution in [0.4, 0.5) is 18.9 Å². The number of sulfone groups is 1. The Balaban J connectivity index is 1.79. The summed E-state index contributed by atoms with van der Waals surface area (Å²) in [6.45, 7) is -0.857. The quantitative estimate of drug-likeness (QED) is 0.669. The van der Waals surface area contributed by atoms with Crippen LogP contribution in [0, 0.1) is 0 Å². The van der Waals surface area contributed by atoms with Crippen LogP contribution in [0.3, 0.4) is 0 Å². The molecule has 10 heteroatoms. The third kappa shape index (κ3) is 4.88. The summed E-state index contributed by atoms with van der Waals surface area (Å²) in [4.78, 5) is 26.1. The van der Waals surface area contributed by atoms with Gasteiger partial charge in [-0.05, 0) is 30.3 Å². The van der Waals surface area contributed by atoms with Crippen LogP contribution in [0.15, 0.2) is 66.1 Å². The number of halogens is 3. The van der Waals surface area contributed by atoms with Gasteiger partial charge in [0.1, 0.15) is 0 Å². The van der Waals surface area contributed by atoms with Crippen LogP contribution in [0.2, 0.25) is 0 Å². The van der Waals surface area contributed by atoms with Crippen molar-refractivity contribution in [3.8, 4) is 0 Å². The Bertz CT molecular complexity index is 1080. The largest absolute Gasteiger partial charge is 0.452 e. The number of para-hydroxylation sites is 1. The molecule has 0 bridgehead atoms. The minimum Gasteiger partial charge on any atom is -0.452 e. The van der Waals surface area contributed by atoms with E-state index in [1.165, 1.54) is 12.1 Å². The smallest absolute Gasteiger partial charge is 0.417 e. The second kappa shape index (κ2) is 8.31. The molecule has 0 aromatic heterocycles. The van der Waals surface area contributed by atoms with Gasteiger partial charge in [-0.3, -0.25) is 4.79 Å². The zero-order valence-electron chi connectivity index (χ0n) is 15.4. The lowest BCUT2D eigenvalue weighted by Gasteiger charge is -2.27. The van der Waals surface area contributed by atoms with E-state index in [1.807, 2.05) is 0 Å². The van der Waals surface area contributed by atoms with E-state index < -0.39 is 51.7 Å². The summed E-state index contributed by atoms with van der Waals surface area (Å²) >= 11 is 0. The molecule has 0 saturated carbocycles. The molecule has 2 aromatic rings. The number of hydrogen-bond acceptors (Lipinski definition) is 5. The molecule has 3 rings (SSSR count). The van der Waals surface area contributed by atoms with Gasteiger partial charge in [-0.2, -0.15) is 13.2 Å². The van der Waals surface area contributed by atoms with Crippen molar-refractivity contribution in [2.75, 3.05) is 17.3 Å². The number of esters is 1. The summed E-state index contributed by atoms with van der Waals surface area (Å²) in [5.74, 6) is -2.43. The van der Waals surface area contributed by atoms with E-state index in [9.17, 15) is 31.2 Å². The van der Waals surface area contributed by atoms with Gasteiger partial charge in [0.15, 0.2) is 16.4 Å². The van der Waals surface area contributed by atoms with E-state index in [4.69, 9.17) is 4.74 Å². The van der Waals surface area contributed by atoms with Crippen LogP contribution in [0.5, 0.6) is 0 Å². The lowest BCUT2D eigenvalue weighted by Crippen LogP contribution is -2.43. The maximum absolute atomic E-state index is 13.1. The number of hydrogen-bond donors (Lipinski definition) is 0. The van der Waals surface area contributed by atoms with Gasteiger partial charge in [-0.25, -0.2) is 13.2 Å². The Labute approximate surface area is 170 Å². The van der Waals surface area contributed by atoms with Crippen molar-refractivity contribution < 1.29 is 35.9 Å². The van der Waals surface area contributed by atoms with Gasteiger partial charge in [0, 0.05) is 11.1 Å². The first-order valence-corrected chi connectivity index (χ1v) is 10.4. The second-order valence-corrected chi connectivity index (χ2v) is 8.38. The summed E-state index contributed by atoms with van der Waals surface area (Å²) < 4.78 is 67.6. The SMILES string of the molecule is O=C(OCC(=O)N(c1ccccc1)C1C=CS(=O)(=O)C1)c1ccccc1C(F)(F)F. The minimum atomic E-state index is -4.77. The van der Waals surface area contributed by atoms with Crippen molar-refractivity contribution in [3.05, 3.63) is 77.2 Å². The van der Waals surface area contributed by atoms with Crippen LogP contribution >= 0.6 is 0 Å². The van der Waals surface area contributed by atoms with E-state index in [2.05, 4.69) is 0 Å². The highest BCUT2D eigenvalue weighted by molar-refractivity contribution is 7.94. The normalized spacial score (nSPS) is 17.5. The van der Waals surface area contributed by atoms with Crippen molar-refractivity contribution in [2.45, 2.75) is 12.2 Å². The zero-order chi connectivity index (χ0) is 21.9. The third-order valence-electron chi connectivity index (χ3n) is 4.32. The maximum atomic E-state index is 13.1. The molecule has 1 unspecified atom stereocenters. The predicted octanol–water partition coefficient (Wildman–Crippen LogP) is 3.21. The van der Waals surface area contributed by atoms with Gasteiger partial charge in [0.05, 0.1) is 22.9 Å². The predicted molar refractivity (Wildman–Crippen MR) is 102 cm³/mol. The average Bonchev–Trinajstić information content (AvgIpc) is 3.05. The van der Waals surface area contributed by atoms with Crippen molar-refractivity contribution in [3.63, 3.8) is 0 Å². The Morgan fingerprint density at radius 3 is 2.27 bits per heavy atom. The summed E-state index contributed by atoms with van der Waals surface area (Å²) in [5, 5.41) is 0.993. The molecule has 1 atom stereocenters. The molecule has 158 valence electrons. The fourth-order valence-corrected chi connectivity index (χ4v) is 4.28. The van der Waals surface area contributed by atoms with Crippen LogP contribution in [0.1, 0.15) is 15.9 Å². The first-order chi connectivity index (χ1) is 14.1. The number of carbonyl (C=O) groups is 2. The highest BCUT2D eigenvalue weighted by atomic mass is 32.2. The molecule has 1 heterocycles. The molecule has 30 heavy (non-hydrogen) atoms. The van der Waals surface area contributed by atoms with Crippen LogP contribution in [0.25, 0.3) is 0 Å². The molecule has 0 radical (unpaired) electrons. The van der Waals surface area contributed by atoms with Gasteiger partial charge < -0.3 is 9.64 Å². The van der Waals surface area contributed by atoms with Crippen LogP contribution in [-0.4, -0.2) is 38.7 Å². The molecule has 0 spiro atoms. The van der Waals surface area contributed by atoms with Crippen molar-refractivity contribution in [1.29, 1.82) is 0 Å². The number of anilines is 1. The molecule has 2 aromatic carbocycles. The fraction of sp³-hybridized carbons (Fsp3) is 0.200. The molecule has 0 N–H and O–H groups in total. The molecule has 6 nitrogen and oxygen atoms in total. The van der Waals surface area contributed by atoms with E-state index >= 15 is 0 Å². The molecule has 0 saturated heterocycles. The number of alkyl halides is 3. The first-order valence-electron chi connectivity index (χ1n) is 8.70. The van der Waals surface area contributed by atoms with E-state index in [0.29, 0.717) is 5.69 Å². The minimum absolute atomic E-state index is 0.349. The Morgan fingerprint density at radius 2 is 1.67 bits per heavy atom. The van der Waals surface area contributed by atoms with Gasteiger partial charge in [0.25, 0.3) is 5.91 Å². The third-order valence-corrected chi connectivity index (χ3v) is 5.70. The molecule has 0 fully saturated rings. The summed E-state index contributed by atoms with van der Waals surface area (Å²) in [6, 6.07) is 11.3. The Hall–Kier alpha value is -3.14. The lowest BCUT2D eigenvalue weighted by molar-refractivity contribution is -0.138. The monoisotopic (exact) mass is 439 g/mol.